The number of carbonyl (C=O) groups is 2. The Labute approximate surface area is 160 Å². The van der Waals surface area contributed by atoms with Gasteiger partial charge in [-0.05, 0) is 37.0 Å². The maximum atomic E-state index is 13.0. The number of carbonyl (C=O) groups excluding carboxylic acids is 2. The number of amides is 3. The zero-order valence-corrected chi connectivity index (χ0v) is 16.4. The largest absolute Gasteiger partial charge is 0.494 e. The molecule has 2 saturated heterocycles. The average Bonchev–Trinajstić information content (AvgIpc) is 2.87. The fourth-order valence-corrected chi connectivity index (χ4v) is 3.37. The Morgan fingerprint density at radius 1 is 1.22 bits per heavy atom. The second-order valence-electron chi connectivity index (χ2n) is 7.86. The molecule has 7 heteroatoms. The molecule has 0 aromatic heterocycles. The zero-order valence-electron chi connectivity index (χ0n) is 16.4. The summed E-state index contributed by atoms with van der Waals surface area (Å²) in [6.45, 7) is 10.0. The lowest BCUT2D eigenvalue weighted by Crippen LogP contribution is -3.15. The summed E-state index contributed by atoms with van der Waals surface area (Å²) >= 11 is 0. The van der Waals surface area contributed by atoms with Crippen LogP contribution in [0.4, 0.5) is 4.79 Å². The molecule has 2 fully saturated rings. The fraction of sp³-hybridized carbons (Fsp3) is 0.600. The standard InChI is InChI=1S/C20H29N3O4/c1-15(2)8-11-27-17-6-4-16(5-7-17)20(3)18(24)23(19(25)21-20)14-22-9-12-26-13-10-22/h4-7,15H,8-14H2,1-3H3,(H,21,25)/p+1/t20-/m0/s1. The van der Waals surface area contributed by atoms with Crippen molar-refractivity contribution in [1.82, 2.24) is 10.2 Å². The van der Waals surface area contributed by atoms with E-state index in [0.29, 0.717) is 32.4 Å². The Balaban J connectivity index is 1.66. The van der Waals surface area contributed by atoms with E-state index in [1.807, 2.05) is 24.3 Å². The minimum Gasteiger partial charge on any atom is -0.494 e. The number of hydrogen-bond acceptors (Lipinski definition) is 4. The van der Waals surface area contributed by atoms with Gasteiger partial charge in [0, 0.05) is 0 Å². The number of quaternary nitrogens is 1. The monoisotopic (exact) mass is 376 g/mol. The van der Waals surface area contributed by atoms with Gasteiger partial charge in [-0.2, -0.15) is 0 Å². The van der Waals surface area contributed by atoms with Crippen molar-refractivity contribution in [3.8, 4) is 5.75 Å². The molecule has 3 amide bonds. The number of ether oxygens (including phenoxy) is 2. The first-order valence-corrected chi connectivity index (χ1v) is 9.69. The highest BCUT2D eigenvalue weighted by molar-refractivity contribution is 6.07. The number of morpholine rings is 1. The summed E-state index contributed by atoms with van der Waals surface area (Å²) in [5.41, 5.74) is -0.282. The van der Waals surface area contributed by atoms with Crippen molar-refractivity contribution >= 4 is 11.9 Å². The SMILES string of the molecule is CC(C)CCOc1ccc([C@]2(C)NC(=O)N(C[NH+]3CCOCC3)C2=O)cc1. The van der Waals surface area contributed by atoms with Crippen LogP contribution in [-0.2, 0) is 15.1 Å². The van der Waals surface area contributed by atoms with E-state index in [0.717, 1.165) is 30.8 Å². The number of imide groups is 1. The van der Waals surface area contributed by atoms with Gasteiger partial charge in [0.25, 0.3) is 5.91 Å². The molecular formula is C20H30N3O4+. The second kappa shape index (κ2) is 8.27. The summed E-state index contributed by atoms with van der Waals surface area (Å²) < 4.78 is 11.1. The third kappa shape index (κ3) is 4.42. The van der Waals surface area contributed by atoms with Gasteiger partial charge in [-0.15, -0.1) is 0 Å². The molecule has 0 aliphatic carbocycles. The molecule has 0 bridgehead atoms. The molecule has 2 heterocycles. The van der Waals surface area contributed by atoms with E-state index in [9.17, 15) is 9.59 Å². The first kappa shape index (κ1) is 19.6. The average molecular weight is 376 g/mol. The number of rotatable bonds is 7. The third-order valence-electron chi connectivity index (χ3n) is 5.25. The number of nitrogens with one attached hydrogen (secondary N) is 2. The van der Waals surface area contributed by atoms with Gasteiger partial charge < -0.3 is 19.7 Å². The van der Waals surface area contributed by atoms with Crippen LogP contribution in [0.25, 0.3) is 0 Å². The van der Waals surface area contributed by atoms with Gasteiger partial charge in [0.05, 0.1) is 19.8 Å². The molecule has 1 atom stereocenters. The quantitative estimate of drug-likeness (QED) is 0.689. The number of nitrogens with zero attached hydrogens (tertiary/aromatic N) is 1. The van der Waals surface area contributed by atoms with Crippen molar-refractivity contribution in [2.24, 2.45) is 5.92 Å². The summed E-state index contributed by atoms with van der Waals surface area (Å²) in [7, 11) is 0. The van der Waals surface area contributed by atoms with Crippen molar-refractivity contribution in [3.63, 3.8) is 0 Å². The summed E-state index contributed by atoms with van der Waals surface area (Å²) in [4.78, 5) is 28.0. The minimum atomic E-state index is -1.04. The molecule has 0 radical (unpaired) electrons. The lowest BCUT2D eigenvalue weighted by atomic mass is 9.92. The predicted octanol–water partition coefficient (Wildman–Crippen LogP) is 0.751. The lowest BCUT2D eigenvalue weighted by molar-refractivity contribution is -0.915. The van der Waals surface area contributed by atoms with Gasteiger partial charge in [0.15, 0.2) is 6.67 Å². The topological polar surface area (TPSA) is 72.3 Å². The highest BCUT2D eigenvalue weighted by Gasteiger charge is 2.50. The minimum absolute atomic E-state index is 0.208. The number of hydrogen-bond donors (Lipinski definition) is 2. The van der Waals surface area contributed by atoms with Crippen molar-refractivity contribution in [1.29, 1.82) is 0 Å². The van der Waals surface area contributed by atoms with E-state index < -0.39 is 5.54 Å². The fourth-order valence-electron chi connectivity index (χ4n) is 3.37. The highest BCUT2D eigenvalue weighted by atomic mass is 16.5. The van der Waals surface area contributed by atoms with Gasteiger partial charge in [0.1, 0.15) is 24.4 Å². The Morgan fingerprint density at radius 3 is 2.52 bits per heavy atom. The van der Waals surface area contributed by atoms with Crippen molar-refractivity contribution in [3.05, 3.63) is 29.8 Å². The molecule has 2 aliphatic heterocycles. The number of benzene rings is 1. The first-order valence-electron chi connectivity index (χ1n) is 9.69. The van der Waals surface area contributed by atoms with Crippen LogP contribution < -0.4 is 15.0 Å². The Bertz CT molecular complexity index is 670. The van der Waals surface area contributed by atoms with Crippen molar-refractivity contribution in [2.75, 3.05) is 39.6 Å². The summed E-state index contributed by atoms with van der Waals surface area (Å²) in [5.74, 6) is 1.16. The number of urea groups is 1. The molecule has 1 aromatic carbocycles. The Hall–Kier alpha value is -2.12. The normalized spacial score (nSPS) is 23.8. The van der Waals surface area contributed by atoms with E-state index >= 15 is 0 Å². The smallest absolute Gasteiger partial charge is 0.329 e. The summed E-state index contributed by atoms with van der Waals surface area (Å²) in [5, 5.41) is 2.87. The third-order valence-corrected chi connectivity index (χ3v) is 5.25. The summed E-state index contributed by atoms with van der Waals surface area (Å²) in [6.07, 6.45) is 0.993. The lowest BCUT2D eigenvalue weighted by Gasteiger charge is -2.27. The molecule has 27 heavy (non-hydrogen) atoms. The molecule has 148 valence electrons. The molecule has 2 aliphatic rings. The van der Waals surface area contributed by atoms with Crippen LogP contribution in [0.1, 0.15) is 32.8 Å². The van der Waals surface area contributed by atoms with Crippen LogP contribution in [0.2, 0.25) is 0 Å². The van der Waals surface area contributed by atoms with Gasteiger partial charge in [-0.3, -0.25) is 4.79 Å². The van der Waals surface area contributed by atoms with Crippen LogP contribution in [0, 0.1) is 5.92 Å². The van der Waals surface area contributed by atoms with Gasteiger partial charge in [-0.25, -0.2) is 9.69 Å². The van der Waals surface area contributed by atoms with Crippen LogP contribution >= 0.6 is 0 Å². The van der Waals surface area contributed by atoms with Crippen molar-refractivity contribution in [2.45, 2.75) is 32.7 Å². The second-order valence-corrected chi connectivity index (χ2v) is 7.86. The van der Waals surface area contributed by atoms with Crippen LogP contribution in [0.5, 0.6) is 5.75 Å². The predicted molar refractivity (Wildman–Crippen MR) is 101 cm³/mol. The van der Waals surface area contributed by atoms with Crippen LogP contribution in [-0.4, -0.2) is 56.4 Å². The maximum Gasteiger partial charge on any atom is 0.329 e. The van der Waals surface area contributed by atoms with E-state index in [1.165, 1.54) is 9.80 Å². The van der Waals surface area contributed by atoms with Gasteiger partial charge in [-0.1, -0.05) is 26.0 Å². The molecular weight excluding hydrogens is 346 g/mol. The molecule has 7 nitrogen and oxygen atoms in total. The molecule has 3 rings (SSSR count). The molecule has 2 N–H and O–H groups in total. The summed E-state index contributed by atoms with van der Waals surface area (Å²) in [6, 6.07) is 7.09. The molecule has 1 aromatic rings. The molecule has 0 saturated carbocycles. The van der Waals surface area contributed by atoms with E-state index in [2.05, 4.69) is 19.2 Å². The zero-order chi connectivity index (χ0) is 19.4. The van der Waals surface area contributed by atoms with Crippen LogP contribution in [0.15, 0.2) is 24.3 Å². The van der Waals surface area contributed by atoms with Crippen molar-refractivity contribution < 1.29 is 24.0 Å². The Kier molecular flexibility index (Phi) is 6.01. The van der Waals surface area contributed by atoms with Gasteiger partial charge >= 0.3 is 6.03 Å². The molecule has 0 spiro atoms. The van der Waals surface area contributed by atoms with E-state index in [-0.39, 0.29) is 11.9 Å². The maximum absolute atomic E-state index is 13.0. The van der Waals surface area contributed by atoms with E-state index in [4.69, 9.17) is 9.47 Å². The first-order chi connectivity index (χ1) is 12.9. The Morgan fingerprint density at radius 2 is 1.89 bits per heavy atom. The molecule has 0 unspecified atom stereocenters. The van der Waals surface area contributed by atoms with Crippen LogP contribution in [0.3, 0.4) is 0 Å². The highest BCUT2D eigenvalue weighted by Crippen LogP contribution is 2.29. The van der Waals surface area contributed by atoms with E-state index in [1.54, 1.807) is 6.92 Å². The van der Waals surface area contributed by atoms with Gasteiger partial charge in [0.2, 0.25) is 0 Å².